The van der Waals surface area contributed by atoms with Gasteiger partial charge < -0.3 is 5.73 Å². The molecule has 0 saturated carbocycles. The zero-order valence-corrected chi connectivity index (χ0v) is 7.94. The largest absolute Gasteiger partial charge is 0.327 e. The number of nitrogens with two attached hydrogens (primary N) is 1. The number of hydrogen-bond donors (Lipinski definition) is 1. The molecule has 0 radical (unpaired) electrons. The summed E-state index contributed by atoms with van der Waals surface area (Å²) in [5.74, 6) is 0.610. The Balaban J connectivity index is 3.68. The number of hydrogen-bond acceptors (Lipinski definition) is 1. The van der Waals surface area contributed by atoms with Gasteiger partial charge in [0.15, 0.2) is 0 Å². The Morgan fingerprint density at radius 3 is 1.70 bits per heavy atom. The minimum absolute atomic E-state index is 0.361. The van der Waals surface area contributed by atoms with E-state index in [2.05, 4.69) is 34.6 Å². The first kappa shape index (κ1) is 9.96. The lowest BCUT2D eigenvalue weighted by atomic mass is 9.85. The van der Waals surface area contributed by atoms with Crippen molar-refractivity contribution in [2.75, 3.05) is 0 Å². The van der Waals surface area contributed by atoms with Crippen LogP contribution in [0.3, 0.4) is 0 Å². The Morgan fingerprint density at radius 2 is 1.60 bits per heavy atom. The highest BCUT2D eigenvalue weighted by Crippen LogP contribution is 2.22. The van der Waals surface area contributed by atoms with Crippen molar-refractivity contribution >= 4 is 0 Å². The minimum Gasteiger partial charge on any atom is -0.327 e. The van der Waals surface area contributed by atoms with Crippen LogP contribution >= 0.6 is 0 Å². The molecule has 0 heterocycles. The number of rotatable bonds is 2. The lowest BCUT2D eigenvalue weighted by molar-refractivity contribution is 0.302. The first-order valence-corrected chi connectivity index (χ1v) is 4.08. The van der Waals surface area contributed by atoms with Gasteiger partial charge in [-0.3, -0.25) is 0 Å². The van der Waals surface area contributed by atoms with Crippen molar-refractivity contribution in [3.05, 3.63) is 0 Å². The second-order valence-corrected chi connectivity index (χ2v) is 4.67. The van der Waals surface area contributed by atoms with Gasteiger partial charge in [-0.05, 0) is 17.8 Å². The molecule has 2 N–H and O–H groups in total. The molecule has 0 saturated heterocycles. The smallest absolute Gasteiger partial charge is 0.00668 e. The normalized spacial score (nSPS) is 15.9. The lowest BCUT2D eigenvalue weighted by Crippen LogP contribution is -2.31. The molecule has 1 atom stereocenters. The molecular formula is C9H21N. The van der Waals surface area contributed by atoms with Crippen LogP contribution in [0.2, 0.25) is 0 Å². The Labute approximate surface area is 65.0 Å². The van der Waals surface area contributed by atoms with Gasteiger partial charge in [-0.2, -0.15) is 0 Å². The van der Waals surface area contributed by atoms with Gasteiger partial charge in [0.25, 0.3) is 0 Å². The van der Waals surface area contributed by atoms with E-state index in [9.17, 15) is 0 Å². The molecule has 0 aromatic rings. The molecule has 0 amide bonds. The van der Waals surface area contributed by atoms with E-state index in [1.54, 1.807) is 0 Å². The summed E-state index contributed by atoms with van der Waals surface area (Å²) in [6.07, 6.45) is 1.12. The molecule has 10 heavy (non-hydrogen) atoms. The van der Waals surface area contributed by atoms with Crippen LogP contribution in [-0.4, -0.2) is 6.04 Å². The average molecular weight is 143 g/mol. The van der Waals surface area contributed by atoms with E-state index in [0.717, 1.165) is 6.42 Å². The molecular weight excluding hydrogens is 122 g/mol. The molecule has 0 aromatic heterocycles. The lowest BCUT2D eigenvalue weighted by Gasteiger charge is -2.25. The first-order valence-electron chi connectivity index (χ1n) is 4.08. The van der Waals surface area contributed by atoms with Gasteiger partial charge in [0.05, 0.1) is 0 Å². The third kappa shape index (κ3) is 4.80. The molecule has 0 rings (SSSR count). The van der Waals surface area contributed by atoms with E-state index >= 15 is 0 Å². The van der Waals surface area contributed by atoms with Crippen LogP contribution in [0.25, 0.3) is 0 Å². The molecule has 0 aromatic carbocycles. The Morgan fingerprint density at radius 1 is 1.20 bits per heavy atom. The zero-order valence-electron chi connectivity index (χ0n) is 7.94. The maximum atomic E-state index is 5.90. The van der Waals surface area contributed by atoms with Crippen molar-refractivity contribution in [3.63, 3.8) is 0 Å². The maximum Gasteiger partial charge on any atom is 0.00668 e. The fraction of sp³-hybridized carbons (Fsp3) is 1.00. The molecule has 62 valence electrons. The quantitative estimate of drug-likeness (QED) is 0.631. The molecule has 0 aliphatic carbocycles. The van der Waals surface area contributed by atoms with E-state index in [1.807, 2.05) is 0 Å². The van der Waals surface area contributed by atoms with Crippen LogP contribution in [-0.2, 0) is 0 Å². The van der Waals surface area contributed by atoms with Crippen molar-refractivity contribution in [2.24, 2.45) is 17.1 Å². The summed E-state index contributed by atoms with van der Waals surface area (Å²) in [5, 5.41) is 0. The van der Waals surface area contributed by atoms with Gasteiger partial charge in [-0.15, -0.1) is 0 Å². The molecule has 1 nitrogen and oxygen atoms in total. The first-order chi connectivity index (χ1) is 4.33. The van der Waals surface area contributed by atoms with E-state index in [1.165, 1.54) is 0 Å². The molecule has 1 heteroatoms. The highest BCUT2D eigenvalue weighted by Gasteiger charge is 2.17. The van der Waals surface area contributed by atoms with Gasteiger partial charge in [0, 0.05) is 6.04 Å². The maximum absolute atomic E-state index is 5.90. The van der Waals surface area contributed by atoms with Crippen molar-refractivity contribution in [1.82, 2.24) is 0 Å². The fourth-order valence-electron chi connectivity index (χ4n) is 0.943. The van der Waals surface area contributed by atoms with Gasteiger partial charge in [0.2, 0.25) is 0 Å². The summed E-state index contributed by atoms with van der Waals surface area (Å²) in [7, 11) is 0. The zero-order chi connectivity index (χ0) is 8.36. The third-order valence-electron chi connectivity index (χ3n) is 1.70. The topological polar surface area (TPSA) is 26.0 Å². The summed E-state index contributed by atoms with van der Waals surface area (Å²) in [6.45, 7) is 11.0. The molecule has 0 spiro atoms. The second-order valence-electron chi connectivity index (χ2n) is 4.67. The van der Waals surface area contributed by atoms with Gasteiger partial charge >= 0.3 is 0 Å². The van der Waals surface area contributed by atoms with E-state index in [0.29, 0.717) is 17.4 Å². The average Bonchev–Trinajstić information content (AvgIpc) is 1.60. The Kier molecular flexibility index (Phi) is 3.37. The standard InChI is InChI=1S/C9H21N/c1-7(2)8(10)6-9(3,4)5/h7-8H,6,10H2,1-5H3/t8-/m0/s1. The Hall–Kier alpha value is -0.0400. The van der Waals surface area contributed by atoms with Crippen molar-refractivity contribution in [3.8, 4) is 0 Å². The highest BCUT2D eigenvalue weighted by molar-refractivity contribution is 4.73. The molecule has 0 unspecified atom stereocenters. The Bertz CT molecular complexity index is 89.4. The third-order valence-corrected chi connectivity index (χ3v) is 1.70. The second kappa shape index (κ2) is 3.38. The van der Waals surface area contributed by atoms with Gasteiger partial charge in [-0.25, -0.2) is 0 Å². The highest BCUT2D eigenvalue weighted by atomic mass is 14.6. The van der Waals surface area contributed by atoms with Crippen LogP contribution in [0.4, 0.5) is 0 Å². The monoisotopic (exact) mass is 143 g/mol. The predicted octanol–water partition coefficient (Wildman–Crippen LogP) is 2.41. The summed E-state index contributed by atoms with van der Waals surface area (Å²) in [5.41, 5.74) is 6.28. The minimum atomic E-state index is 0.361. The molecule has 0 aliphatic rings. The summed E-state index contributed by atoms with van der Waals surface area (Å²) < 4.78 is 0. The van der Waals surface area contributed by atoms with Crippen LogP contribution in [0.15, 0.2) is 0 Å². The van der Waals surface area contributed by atoms with Crippen LogP contribution < -0.4 is 5.73 Å². The van der Waals surface area contributed by atoms with Gasteiger partial charge in [-0.1, -0.05) is 34.6 Å². The molecule has 0 aliphatic heterocycles. The van der Waals surface area contributed by atoms with E-state index in [4.69, 9.17) is 5.73 Å². The molecule has 0 bridgehead atoms. The van der Waals surface area contributed by atoms with Crippen molar-refractivity contribution in [2.45, 2.75) is 47.1 Å². The van der Waals surface area contributed by atoms with E-state index < -0.39 is 0 Å². The van der Waals surface area contributed by atoms with E-state index in [-0.39, 0.29) is 0 Å². The summed E-state index contributed by atoms with van der Waals surface area (Å²) in [4.78, 5) is 0. The van der Waals surface area contributed by atoms with Crippen molar-refractivity contribution in [1.29, 1.82) is 0 Å². The summed E-state index contributed by atoms with van der Waals surface area (Å²) in [6, 6.07) is 0.361. The SMILES string of the molecule is CC(C)[C@@H](N)CC(C)(C)C. The van der Waals surface area contributed by atoms with Crippen LogP contribution in [0.1, 0.15) is 41.0 Å². The van der Waals surface area contributed by atoms with Crippen molar-refractivity contribution < 1.29 is 0 Å². The van der Waals surface area contributed by atoms with Crippen LogP contribution in [0.5, 0.6) is 0 Å². The predicted molar refractivity (Wildman–Crippen MR) is 46.9 cm³/mol. The fourth-order valence-corrected chi connectivity index (χ4v) is 0.943. The van der Waals surface area contributed by atoms with Gasteiger partial charge in [0.1, 0.15) is 0 Å². The summed E-state index contributed by atoms with van der Waals surface area (Å²) >= 11 is 0. The van der Waals surface area contributed by atoms with Crippen LogP contribution in [0, 0.1) is 11.3 Å². The molecule has 0 fully saturated rings.